The van der Waals surface area contributed by atoms with Crippen molar-refractivity contribution in [2.24, 2.45) is 4.99 Å². The number of piperidine rings is 1. The van der Waals surface area contributed by atoms with E-state index in [1.54, 1.807) is 12.1 Å². The molecule has 2 aromatic carbocycles. The zero-order chi connectivity index (χ0) is 21.2. The fraction of sp³-hybridized carbons (Fsp3) is 0.409. The number of ether oxygens (including phenoxy) is 1. The van der Waals surface area contributed by atoms with Crippen LogP contribution < -0.4 is 10.0 Å². The maximum atomic E-state index is 12.3. The van der Waals surface area contributed by atoms with Gasteiger partial charge in [-0.15, -0.1) is 24.0 Å². The number of halogens is 1. The second-order valence-electron chi connectivity index (χ2n) is 7.21. The van der Waals surface area contributed by atoms with E-state index in [-0.39, 0.29) is 35.4 Å². The number of methoxy groups -OCH3 is 1. The minimum absolute atomic E-state index is 0. The molecule has 1 fully saturated rings. The third-order valence-electron chi connectivity index (χ3n) is 4.93. The van der Waals surface area contributed by atoms with E-state index in [2.05, 4.69) is 14.9 Å². The van der Waals surface area contributed by atoms with Crippen molar-refractivity contribution in [1.82, 2.24) is 9.62 Å². The normalized spacial score (nSPS) is 14.7. The van der Waals surface area contributed by atoms with Gasteiger partial charge in [0.1, 0.15) is 0 Å². The van der Waals surface area contributed by atoms with Crippen LogP contribution in [0.3, 0.4) is 0 Å². The van der Waals surface area contributed by atoms with Crippen molar-refractivity contribution in [3.05, 3.63) is 60.2 Å². The molecular formula is C22H31IN4O3S. The lowest BCUT2D eigenvalue weighted by Crippen LogP contribution is -2.40. The molecule has 0 amide bonds. The quantitative estimate of drug-likeness (QED) is 0.224. The minimum atomic E-state index is -3.52. The lowest BCUT2D eigenvalue weighted by Gasteiger charge is -2.30. The molecule has 2 N–H and O–H groups in total. The Morgan fingerprint density at radius 3 is 2.35 bits per heavy atom. The molecule has 0 aliphatic carbocycles. The van der Waals surface area contributed by atoms with E-state index < -0.39 is 10.0 Å². The number of hydrogen-bond acceptors (Lipinski definition) is 4. The molecule has 0 unspecified atom stereocenters. The summed E-state index contributed by atoms with van der Waals surface area (Å²) in [5, 5.41) is 3.44. The van der Waals surface area contributed by atoms with E-state index in [0.29, 0.717) is 13.2 Å². The van der Waals surface area contributed by atoms with Gasteiger partial charge in [0.15, 0.2) is 5.96 Å². The monoisotopic (exact) mass is 558 g/mol. The van der Waals surface area contributed by atoms with Gasteiger partial charge in [-0.25, -0.2) is 18.1 Å². The highest BCUT2D eigenvalue weighted by Crippen LogP contribution is 2.15. The van der Waals surface area contributed by atoms with E-state index in [9.17, 15) is 8.42 Å². The molecule has 0 atom stereocenters. The van der Waals surface area contributed by atoms with Crippen LogP contribution in [0.5, 0.6) is 0 Å². The third-order valence-corrected chi connectivity index (χ3v) is 6.41. The van der Waals surface area contributed by atoms with Crippen molar-refractivity contribution < 1.29 is 13.2 Å². The molecule has 1 aliphatic heterocycles. The number of hydrogen-bond donors (Lipinski definition) is 2. The number of guanidine groups is 1. The van der Waals surface area contributed by atoms with Gasteiger partial charge in [0.25, 0.3) is 0 Å². The van der Waals surface area contributed by atoms with E-state index in [1.807, 2.05) is 42.5 Å². The maximum absolute atomic E-state index is 12.3. The third kappa shape index (κ3) is 8.06. The first kappa shape index (κ1) is 25.6. The Hall–Kier alpha value is -1.69. The Kier molecular flexibility index (Phi) is 10.7. The van der Waals surface area contributed by atoms with Gasteiger partial charge in [-0.05, 0) is 49.1 Å². The van der Waals surface area contributed by atoms with Crippen LogP contribution in [0.15, 0.2) is 64.5 Å². The number of benzene rings is 2. The fourth-order valence-electron chi connectivity index (χ4n) is 3.28. The second-order valence-corrected chi connectivity index (χ2v) is 8.98. The van der Waals surface area contributed by atoms with Gasteiger partial charge in [0.05, 0.1) is 18.0 Å². The van der Waals surface area contributed by atoms with Crippen LogP contribution in [0.4, 0.5) is 5.69 Å². The molecular weight excluding hydrogens is 527 g/mol. The van der Waals surface area contributed by atoms with Crippen molar-refractivity contribution >= 4 is 45.6 Å². The molecule has 0 saturated carbocycles. The number of anilines is 1. The highest BCUT2D eigenvalue weighted by molar-refractivity contribution is 14.0. The molecule has 2 aromatic rings. The van der Waals surface area contributed by atoms with Crippen molar-refractivity contribution in [2.75, 3.05) is 38.7 Å². The Balaban J connectivity index is 0.00000341. The van der Waals surface area contributed by atoms with Gasteiger partial charge in [0.2, 0.25) is 10.0 Å². The second kappa shape index (κ2) is 13.0. The SMILES string of the molecule is COCCNS(=O)(=O)c1ccc(CN=C(Nc2ccccc2)N2CCCCC2)cc1.I. The summed E-state index contributed by atoms with van der Waals surface area (Å²) in [7, 11) is -1.99. The largest absolute Gasteiger partial charge is 0.383 e. The highest BCUT2D eigenvalue weighted by atomic mass is 127. The van der Waals surface area contributed by atoms with E-state index in [0.717, 1.165) is 43.1 Å². The summed E-state index contributed by atoms with van der Waals surface area (Å²) in [4.78, 5) is 7.34. The molecule has 0 bridgehead atoms. The van der Waals surface area contributed by atoms with Gasteiger partial charge >= 0.3 is 0 Å². The van der Waals surface area contributed by atoms with Crippen molar-refractivity contribution in [3.8, 4) is 0 Å². The first-order chi connectivity index (χ1) is 14.6. The number of nitrogens with one attached hydrogen (secondary N) is 2. The van der Waals surface area contributed by atoms with Crippen LogP contribution in [-0.4, -0.2) is 52.6 Å². The summed E-state index contributed by atoms with van der Waals surface area (Å²) >= 11 is 0. The van der Waals surface area contributed by atoms with Crippen LogP contribution in [-0.2, 0) is 21.3 Å². The topological polar surface area (TPSA) is 83.0 Å². The zero-order valence-corrected chi connectivity index (χ0v) is 20.9. The first-order valence-corrected chi connectivity index (χ1v) is 11.8. The van der Waals surface area contributed by atoms with Gasteiger partial charge in [0, 0.05) is 32.4 Å². The molecule has 1 saturated heterocycles. The van der Waals surface area contributed by atoms with Crippen LogP contribution >= 0.6 is 24.0 Å². The van der Waals surface area contributed by atoms with Gasteiger partial charge in [-0.3, -0.25) is 0 Å². The standard InChI is InChI=1S/C22H30N4O3S.HI/c1-29-17-14-24-30(27,28)21-12-10-19(11-13-21)18-23-22(26-15-6-3-7-16-26)25-20-8-4-2-5-9-20;/h2,4-5,8-13,24H,3,6-7,14-18H2,1H3,(H,23,25);1H. The summed E-state index contributed by atoms with van der Waals surface area (Å²) in [6.07, 6.45) is 3.58. The molecule has 7 nitrogen and oxygen atoms in total. The number of aliphatic imine (C=N–C) groups is 1. The summed E-state index contributed by atoms with van der Waals surface area (Å²) in [6, 6.07) is 16.9. The summed E-state index contributed by atoms with van der Waals surface area (Å²) < 4.78 is 32.0. The fourth-order valence-corrected chi connectivity index (χ4v) is 4.29. The highest BCUT2D eigenvalue weighted by Gasteiger charge is 2.16. The number of nitrogens with zero attached hydrogens (tertiary/aromatic N) is 2. The maximum Gasteiger partial charge on any atom is 0.240 e. The molecule has 0 aromatic heterocycles. The van der Waals surface area contributed by atoms with Crippen LogP contribution in [0, 0.1) is 0 Å². The molecule has 1 heterocycles. The molecule has 1 aliphatic rings. The average Bonchev–Trinajstić information content (AvgIpc) is 2.78. The smallest absolute Gasteiger partial charge is 0.240 e. The van der Waals surface area contributed by atoms with Gasteiger partial charge in [-0.1, -0.05) is 30.3 Å². The number of likely N-dealkylation sites (tertiary alicyclic amines) is 1. The molecule has 31 heavy (non-hydrogen) atoms. The summed E-state index contributed by atoms with van der Waals surface area (Å²) in [5.74, 6) is 0.860. The van der Waals surface area contributed by atoms with Crippen LogP contribution in [0.25, 0.3) is 0 Å². The molecule has 9 heteroatoms. The Morgan fingerprint density at radius 2 is 1.71 bits per heavy atom. The summed E-state index contributed by atoms with van der Waals surface area (Å²) in [6.45, 7) is 3.03. The van der Waals surface area contributed by atoms with Gasteiger partial charge in [-0.2, -0.15) is 0 Å². The number of sulfonamides is 1. The van der Waals surface area contributed by atoms with E-state index >= 15 is 0 Å². The van der Waals surface area contributed by atoms with E-state index in [4.69, 9.17) is 9.73 Å². The Labute approximate surface area is 202 Å². The van der Waals surface area contributed by atoms with Crippen molar-refractivity contribution in [3.63, 3.8) is 0 Å². The lowest BCUT2D eigenvalue weighted by molar-refractivity contribution is 0.204. The number of rotatable bonds is 8. The molecule has 170 valence electrons. The van der Waals surface area contributed by atoms with Gasteiger partial charge < -0.3 is 15.0 Å². The average molecular weight is 558 g/mol. The Bertz CT molecular complexity index is 916. The predicted molar refractivity (Wildman–Crippen MR) is 136 cm³/mol. The predicted octanol–water partition coefficient (Wildman–Crippen LogP) is 3.68. The molecule has 3 rings (SSSR count). The first-order valence-electron chi connectivity index (χ1n) is 10.3. The van der Waals surface area contributed by atoms with Crippen LogP contribution in [0.1, 0.15) is 24.8 Å². The van der Waals surface area contributed by atoms with Crippen LogP contribution in [0.2, 0.25) is 0 Å². The minimum Gasteiger partial charge on any atom is -0.383 e. The summed E-state index contributed by atoms with van der Waals surface area (Å²) in [5.41, 5.74) is 1.96. The zero-order valence-electron chi connectivity index (χ0n) is 17.8. The van der Waals surface area contributed by atoms with Crippen molar-refractivity contribution in [1.29, 1.82) is 0 Å². The molecule has 0 spiro atoms. The van der Waals surface area contributed by atoms with E-state index in [1.165, 1.54) is 13.5 Å². The Morgan fingerprint density at radius 1 is 1.03 bits per heavy atom. The lowest BCUT2D eigenvalue weighted by atomic mass is 10.1. The number of para-hydroxylation sites is 1. The van der Waals surface area contributed by atoms with Crippen molar-refractivity contribution in [2.45, 2.75) is 30.7 Å². The molecule has 0 radical (unpaired) electrons.